The number of carbonyl (C=O) groups is 3. The van der Waals surface area contributed by atoms with E-state index in [-0.39, 0.29) is 24.3 Å². The van der Waals surface area contributed by atoms with Crippen LogP contribution >= 0.6 is 0 Å². The Hall–Kier alpha value is -4.07. The number of carbonyl (C=O) groups excluding carboxylic acids is 3. The van der Waals surface area contributed by atoms with E-state index in [4.69, 9.17) is 9.15 Å². The van der Waals surface area contributed by atoms with Gasteiger partial charge in [0.2, 0.25) is 11.8 Å². The summed E-state index contributed by atoms with van der Waals surface area (Å²) in [5.41, 5.74) is 1.19. The molecule has 3 aromatic rings. The predicted molar refractivity (Wildman–Crippen MR) is 136 cm³/mol. The summed E-state index contributed by atoms with van der Waals surface area (Å²) < 4.78 is 10.4. The zero-order valence-corrected chi connectivity index (χ0v) is 20.3. The van der Waals surface area contributed by atoms with Gasteiger partial charge in [-0.2, -0.15) is 0 Å². The first kappa shape index (κ1) is 25.0. The Kier molecular flexibility index (Phi) is 8.39. The molecule has 36 heavy (non-hydrogen) atoms. The number of amides is 3. The van der Waals surface area contributed by atoms with Gasteiger partial charge in [-0.15, -0.1) is 0 Å². The van der Waals surface area contributed by atoms with Crippen molar-refractivity contribution in [2.45, 2.75) is 44.2 Å². The smallest absolute Gasteiger partial charge is 0.287 e. The van der Waals surface area contributed by atoms with Gasteiger partial charge in [-0.3, -0.25) is 19.3 Å². The standard InChI is InChI=1S/C28H31N3O5/c1-35-23-16-14-22(15-17-23)31(25(32)19-29-27(33)24-13-8-18-36-24)26(20-9-4-2-5-10-20)28(34)30-21-11-6-3-7-12-21/h2,4-5,8-10,13-18,21,26H,3,6-7,11-12,19H2,1H3,(H,29,33)(H,30,34)/t26-/m1/s1. The van der Waals surface area contributed by atoms with Crippen LogP contribution in [0.15, 0.2) is 77.4 Å². The van der Waals surface area contributed by atoms with Crippen molar-refractivity contribution in [1.29, 1.82) is 0 Å². The van der Waals surface area contributed by atoms with E-state index in [0.717, 1.165) is 25.7 Å². The summed E-state index contributed by atoms with van der Waals surface area (Å²) in [4.78, 5) is 41.3. The number of hydrogen-bond donors (Lipinski definition) is 2. The largest absolute Gasteiger partial charge is 0.497 e. The van der Waals surface area contributed by atoms with Crippen LogP contribution in [0.3, 0.4) is 0 Å². The quantitative estimate of drug-likeness (QED) is 0.468. The Morgan fingerprint density at radius 1 is 0.972 bits per heavy atom. The molecule has 1 fully saturated rings. The number of anilines is 1. The van der Waals surface area contributed by atoms with Gasteiger partial charge in [0.1, 0.15) is 11.8 Å². The Labute approximate surface area is 210 Å². The van der Waals surface area contributed by atoms with Gasteiger partial charge < -0.3 is 19.8 Å². The van der Waals surface area contributed by atoms with E-state index in [0.29, 0.717) is 17.0 Å². The summed E-state index contributed by atoms with van der Waals surface area (Å²) in [6.45, 7) is -0.314. The van der Waals surface area contributed by atoms with Gasteiger partial charge in [-0.25, -0.2) is 0 Å². The van der Waals surface area contributed by atoms with E-state index in [9.17, 15) is 14.4 Å². The van der Waals surface area contributed by atoms with E-state index < -0.39 is 17.9 Å². The summed E-state index contributed by atoms with van der Waals surface area (Å²) >= 11 is 0. The highest BCUT2D eigenvalue weighted by Crippen LogP contribution is 2.30. The van der Waals surface area contributed by atoms with Crippen molar-refractivity contribution >= 4 is 23.4 Å². The molecule has 1 aliphatic carbocycles. The number of nitrogens with one attached hydrogen (secondary N) is 2. The lowest BCUT2D eigenvalue weighted by Crippen LogP contribution is -2.49. The normalized spacial score (nSPS) is 14.5. The van der Waals surface area contributed by atoms with Crippen LogP contribution in [0.4, 0.5) is 5.69 Å². The zero-order chi connectivity index (χ0) is 25.3. The summed E-state index contributed by atoms with van der Waals surface area (Å²) in [6, 6.07) is 18.4. The summed E-state index contributed by atoms with van der Waals surface area (Å²) in [6.07, 6.45) is 6.54. The molecule has 0 saturated heterocycles. The minimum Gasteiger partial charge on any atom is -0.497 e. The molecule has 8 heteroatoms. The molecule has 2 N–H and O–H groups in total. The van der Waals surface area contributed by atoms with Crippen LogP contribution in [0.5, 0.6) is 5.75 Å². The number of rotatable bonds is 9. The van der Waals surface area contributed by atoms with Crippen molar-refractivity contribution in [2.24, 2.45) is 0 Å². The number of methoxy groups -OCH3 is 1. The number of benzene rings is 2. The number of nitrogens with zero attached hydrogens (tertiary/aromatic N) is 1. The first-order valence-corrected chi connectivity index (χ1v) is 12.2. The maximum Gasteiger partial charge on any atom is 0.287 e. The molecular formula is C28H31N3O5. The van der Waals surface area contributed by atoms with Crippen LogP contribution in [0, 0.1) is 0 Å². The highest BCUT2D eigenvalue weighted by molar-refractivity contribution is 6.04. The third-order valence-corrected chi connectivity index (χ3v) is 6.34. The SMILES string of the molecule is COc1ccc(N(C(=O)CNC(=O)c2ccco2)[C@@H](C(=O)NC2CCCCC2)c2ccccc2)cc1. The fraction of sp³-hybridized carbons (Fsp3) is 0.321. The van der Waals surface area contributed by atoms with Crippen LogP contribution in [0.1, 0.15) is 54.3 Å². The van der Waals surface area contributed by atoms with Crippen molar-refractivity contribution < 1.29 is 23.5 Å². The van der Waals surface area contributed by atoms with Crippen LogP contribution in [-0.2, 0) is 9.59 Å². The van der Waals surface area contributed by atoms with E-state index in [1.54, 1.807) is 37.4 Å². The van der Waals surface area contributed by atoms with Crippen molar-refractivity contribution in [2.75, 3.05) is 18.6 Å². The molecule has 0 aliphatic heterocycles. The van der Waals surface area contributed by atoms with Crippen LogP contribution in [0.2, 0.25) is 0 Å². The van der Waals surface area contributed by atoms with Gasteiger partial charge in [-0.1, -0.05) is 49.6 Å². The average Bonchev–Trinajstić information content (AvgIpc) is 3.46. The fourth-order valence-corrected chi connectivity index (χ4v) is 4.50. The first-order valence-electron chi connectivity index (χ1n) is 12.2. The molecule has 2 aromatic carbocycles. The lowest BCUT2D eigenvalue weighted by atomic mass is 9.94. The van der Waals surface area contributed by atoms with E-state index >= 15 is 0 Å². The Morgan fingerprint density at radius 2 is 1.69 bits per heavy atom. The minimum atomic E-state index is -0.922. The molecule has 3 amide bonds. The molecule has 1 aliphatic rings. The third kappa shape index (κ3) is 6.13. The summed E-state index contributed by atoms with van der Waals surface area (Å²) in [7, 11) is 1.56. The molecular weight excluding hydrogens is 458 g/mol. The van der Waals surface area contributed by atoms with Gasteiger partial charge in [-0.05, 0) is 54.8 Å². The van der Waals surface area contributed by atoms with Gasteiger partial charge in [0.15, 0.2) is 5.76 Å². The molecule has 1 saturated carbocycles. The lowest BCUT2D eigenvalue weighted by molar-refractivity contribution is -0.127. The van der Waals surface area contributed by atoms with Crippen LogP contribution in [0.25, 0.3) is 0 Å². The number of furan rings is 1. The van der Waals surface area contributed by atoms with Gasteiger partial charge >= 0.3 is 0 Å². The van der Waals surface area contributed by atoms with Crippen molar-refractivity contribution in [3.05, 3.63) is 84.3 Å². The second-order valence-corrected chi connectivity index (χ2v) is 8.78. The number of ether oxygens (including phenoxy) is 1. The Bertz CT molecular complexity index is 1140. The molecule has 0 radical (unpaired) electrons. The Balaban J connectivity index is 1.66. The van der Waals surface area contributed by atoms with Gasteiger partial charge in [0.05, 0.1) is 19.9 Å². The second kappa shape index (κ2) is 12.1. The van der Waals surface area contributed by atoms with E-state index in [1.165, 1.54) is 23.7 Å². The highest BCUT2D eigenvalue weighted by atomic mass is 16.5. The summed E-state index contributed by atoms with van der Waals surface area (Å²) in [5, 5.41) is 5.78. The number of hydrogen-bond acceptors (Lipinski definition) is 5. The monoisotopic (exact) mass is 489 g/mol. The predicted octanol–water partition coefficient (Wildman–Crippen LogP) is 4.24. The maximum absolute atomic E-state index is 13.7. The third-order valence-electron chi connectivity index (χ3n) is 6.34. The van der Waals surface area contributed by atoms with E-state index in [1.807, 2.05) is 30.3 Å². The molecule has 4 rings (SSSR count). The Morgan fingerprint density at radius 3 is 2.33 bits per heavy atom. The lowest BCUT2D eigenvalue weighted by Gasteiger charge is -2.33. The van der Waals surface area contributed by atoms with Crippen molar-refractivity contribution in [3.8, 4) is 5.75 Å². The topological polar surface area (TPSA) is 101 Å². The van der Waals surface area contributed by atoms with Crippen LogP contribution in [-0.4, -0.2) is 37.4 Å². The van der Waals surface area contributed by atoms with Gasteiger partial charge in [0.25, 0.3) is 5.91 Å². The molecule has 1 heterocycles. The van der Waals surface area contributed by atoms with Crippen LogP contribution < -0.4 is 20.3 Å². The molecule has 0 unspecified atom stereocenters. The second-order valence-electron chi connectivity index (χ2n) is 8.78. The van der Waals surface area contributed by atoms with E-state index in [2.05, 4.69) is 10.6 Å². The highest BCUT2D eigenvalue weighted by Gasteiger charge is 2.34. The minimum absolute atomic E-state index is 0.0731. The molecule has 1 aromatic heterocycles. The first-order chi connectivity index (χ1) is 17.6. The summed E-state index contributed by atoms with van der Waals surface area (Å²) in [5.74, 6) is -0.470. The van der Waals surface area contributed by atoms with Crippen molar-refractivity contribution in [3.63, 3.8) is 0 Å². The molecule has 0 bridgehead atoms. The maximum atomic E-state index is 13.7. The van der Waals surface area contributed by atoms with Crippen molar-refractivity contribution in [1.82, 2.24) is 10.6 Å². The molecule has 188 valence electrons. The zero-order valence-electron chi connectivity index (χ0n) is 20.3. The average molecular weight is 490 g/mol. The fourth-order valence-electron chi connectivity index (χ4n) is 4.50. The van der Waals surface area contributed by atoms with Gasteiger partial charge in [0, 0.05) is 11.7 Å². The molecule has 8 nitrogen and oxygen atoms in total. The molecule has 1 atom stereocenters. The molecule has 0 spiro atoms.